The Morgan fingerprint density at radius 3 is 2.41 bits per heavy atom. The Bertz CT molecular complexity index is 666. The topological polar surface area (TPSA) is 82.6 Å². The smallest absolute Gasteiger partial charge is 0.321 e. The number of hydrogen-bond acceptors (Lipinski definition) is 6. The molecule has 1 heterocycles. The molecule has 0 fully saturated rings. The monoisotopic (exact) mass is 303 g/mol. The lowest BCUT2D eigenvalue weighted by Gasteiger charge is -2.09. The molecule has 0 aliphatic heterocycles. The standard InChI is InChI=1S/C15H17N3O4/c1-9-7-10(5-6-11(9)20-2)14(19)16-12-8-13(21-3)18-15(17-12)22-4/h5-8H,1-4H3,(H,16,17,18,19). The number of rotatable bonds is 5. The fourth-order valence-electron chi connectivity index (χ4n) is 1.87. The highest BCUT2D eigenvalue weighted by molar-refractivity contribution is 6.04. The van der Waals surface area contributed by atoms with E-state index < -0.39 is 0 Å². The summed E-state index contributed by atoms with van der Waals surface area (Å²) in [6.07, 6.45) is 0. The fourth-order valence-corrected chi connectivity index (χ4v) is 1.87. The average molecular weight is 303 g/mol. The molecule has 1 N–H and O–H groups in total. The highest BCUT2D eigenvalue weighted by Crippen LogP contribution is 2.21. The summed E-state index contributed by atoms with van der Waals surface area (Å²) in [4.78, 5) is 20.3. The molecule has 0 unspecified atom stereocenters. The van der Waals surface area contributed by atoms with E-state index in [9.17, 15) is 4.79 Å². The highest BCUT2D eigenvalue weighted by Gasteiger charge is 2.12. The zero-order valence-corrected chi connectivity index (χ0v) is 12.8. The molecule has 2 aromatic rings. The van der Waals surface area contributed by atoms with Crippen molar-refractivity contribution in [3.63, 3.8) is 0 Å². The fraction of sp³-hybridized carbons (Fsp3) is 0.267. The summed E-state index contributed by atoms with van der Waals surface area (Å²) >= 11 is 0. The van der Waals surface area contributed by atoms with Gasteiger partial charge in [-0.15, -0.1) is 0 Å². The number of aromatic nitrogens is 2. The molecule has 7 heteroatoms. The second-order valence-electron chi connectivity index (χ2n) is 4.42. The maximum Gasteiger partial charge on any atom is 0.321 e. The molecule has 2 rings (SSSR count). The van der Waals surface area contributed by atoms with Gasteiger partial charge in [-0.05, 0) is 30.7 Å². The van der Waals surface area contributed by atoms with Crippen LogP contribution in [-0.4, -0.2) is 37.2 Å². The molecule has 0 atom stereocenters. The number of carbonyl (C=O) groups excluding carboxylic acids is 1. The van der Waals surface area contributed by atoms with Crippen LogP contribution >= 0.6 is 0 Å². The second-order valence-corrected chi connectivity index (χ2v) is 4.42. The number of hydrogen-bond donors (Lipinski definition) is 1. The molecule has 1 aromatic carbocycles. The van der Waals surface area contributed by atoms with Crippen molar-refractivity contribution >= 4 is 11.7 Å². The maximum atomic E-state index is 12.3. The number of anilines is 1. The van der Waals surface area contributed by atoms with Gasteiger partial charge in [-0.2, -0.15) is 9.97 Å². The molecular weight excluding hydrogens is 286 g/mol. The predicted molar refractivity (Wildman–Crippen MR) is 80.8 cm³/mol. The van der Waals surface area contributed by atoms with E-state index in [2.05, 4.69) is 15.3 Å². The number of nitrogens with one attached hydrogen (secondary N) is 1. The molecule has 7 nitrogen and oxygen atoms in total. The van der Waals surface area contributed by atoms with E-state index in [0.717, 1.165) is 11.3 Å². The number of amides is 1. The van der Waals surface area contributed by atoms with Crippen LogP contribution in [0.15, 0.2) is 24.3 Å². The number of nitrogens with zero attached hydrogens (tertiary/aromatic N) is 2. The molecule has 0 spiro atoms. The Morgan fingerprint density at radius 2 is 1.82 bits per heavy atom. The van der Waals surface area contributed by atoms with E-state index in [1.54, 1.807) is 25.3 Å². The third-order valence-electron chi connectivity index (χ3n) is 2.97. The van der Waals surface area contributed by atoms with Crippen molar-refractivity contribution in [2.75, 3.05) is 26.6 Å². The van der Waals surface area contributed by atoms with E-state index in [-0.39, 0.29) is 11.9 Å². The summed E-state index contributed by atoms with van der Waals surface area (Å²) < 4.78 is 15.2. The Labute approximate surface area is 128 Å². The Balaban J connectivity index is 2.23. The molecule has 0 aliphatic carbocycles. The number of carbonyl (C=O) groups is 1. The van der Waals surface area contributed by atoms with Gasteiger partial charge in [-0.3, -0.25) is 4.79 Å². The lowest BCUT2D eigenvalue weighted by atomic mass is 10.1. The molecule has 0 saturated heterocycles. The Morgan fingerprint density at radius 1 is 1.05 bits per heavy atom. The van der Waals surface area contributed by atoms with Crippen LogP contribution in [0.3, 0.4) is 0 Å². The van der Waals surface area contributed by atoms with Crippen molar-refractivity contribution in [1.82, 2.24) is 9.97 Å². The first-order chi connectivity index (χ1) is 10.6. The molecule has 116 valence electrons. The number of aryl methyl sites for hydroxylation is 1. The van der Waals surface area contributed by atoms with Crippen molar-refractivity contribution in [1.29, 1.82) is 0 Å². The van der Waals surface area contributed by atoms with Crippen LogP contribution in [0.4, 0.5) is 5.82 Å². The lowest BCUT2D eigenvalue weighted by molar-refractivity contribution is 0.102. The van der Waals surface area contributed by atoms with Crippen LogP contribution in [0.1, 0.15) is 15.9 Å². The van der Waals surface area contributed by atoms with Crippen molar-refractivity contribution in [2.24, 2.45) is 0 Å². The van der Waals surface area contributed by atoms with E-state index in [1.165, 1.54) is 20.3 Å². The maximum absolute atomic E-state index is 12.3. The SMILES string of the molecule is COc1cc(NC(=O)c2ccc(OC)c(C)c2)nc(OC)n1. The van der Waals surface area contributed by atoms with E-state index in [1.807, 2.05) is 6.92 Å². The largest absolute Gasteiger partial charge is 0.496 e. The zero-order valence-electron chi connectivity index (χ0n) is 12.8. The summed E-state index contributed by atoms with van der Waals surface area (Å²) in [5.74, 6) is 1.02. The van der Waals surface area contributed by atoms with Gasteiger partial charge in [0, 0.05) is 11.6 Å². The summed E-state index contributed by atoms with van der Waals surface area (Å²) in [7, 11) is 4.49. The molecule has 22 heavy (non-hydrogen) atoms. The summed E-state index contributed by atoms with van der Waals surface area (Å²) in [5.41, 5.74) is 1.36. The first-order valence-electron chi connectivity index (χ1n) is 6.50. The van der Waals surface area contributed by atoms with Crippen LogP contribution in [-0.2, 0) is 0 Å². The Hall–Kier alpha value is -2.83. The third kappa shape index (κ3) is 3.43. The molecule has 0 radical (unpaired) electrons. The minimum Gasteiger partial charge on any atom is -0.496 e. The first-order valence-corrected chi connectivity index (χ1v) is 6.50. The van der Waals surface area contributed by atoms with Crippen molar-refractivity contribution in [2.45, 2.75) is 6.92 Å². The van der Waals surface area contributed by atoms with Crippen LogP contribution < -0.4 is 19.5 Å². The normalized spacial score (nSPS) is 10.0. The molecule has 0 bridgehead atoms. The van der Waals surface area contributed by atoms with Crippen molar-refractivity contribution in [3.05, 3.63) is 35.4 Å². The van der Waals surface area contributed by atoms with Gasteiger partial charge >= 0.3 is 6.01 Å². The molecular formula is C15H17N3O4. The quantitative estimate of drug-likeness (QED) is 0.910. The van der Waals surface area contributed by atoms with E-state index in [4.69, 9.17) is 14.2 Å². The van der Waals surface area contributed by atoms with Crippen molar-refractivity contribution < 1.29 is 19.0 Å². The van der Waals surface area contributed by atoms with Gasteiger partial charge in [0.2, 0.25) is 5.88 Å². The summed E-state index contributed by atoms with van der Waals surface area (Å²) in [6.45, 7) is 1.87. The average Bonchev–Trinajstić information content (AvgIpc) is 2.54. The molecule has 1 amide bonds. The van der Waals surface area contributed by atoms with Gasteiger partial charge in [-0.25, -0.2) is 0 Å². The van der Waals surface area contributed by atoms with Gasteiger partial charge in [0.15, 0.2) is 0 Å². The van der Waals surface area contributed by atoms with Gasteiger partial charge < -0.3 is 19.5 Å². The highest BCUT2D eigenvalue weighted by atomic mass is 16.5. The van der Waals surface area contributed by atoms with Crippen LogP contribution in [0.5, 0.6) is 17.6 Å². The minimum atomic E-state index is -0.298. The third-order valence-corrected chi connectivity index (χ3v) is 2.97. The molecule has 0 saturated carbocycles. The van der Waals surface area contributed by atoms with Gasteiger partial charge in [0.05, 0.1) is 21.3 Å². The number of benzene rings is 1. The van der Waals surface area contributed by atoms with Crippen LogP contribution in [0.2, 0.25) is 0 Å². The van der Waals surface area contributed by atoms with Crippen molar-refractivity contribution in [3.8, 4) is 17.6 Å². The molecule has 1 aromatic heterocycles. The first kappa shape index (κ1) is 15.6. The lowest BCUT2D eigenvalue weighted by Crippen LogP contribution is -2.14. The van der Waals surface area contributed by atoms with Gasteiger partial charge in [-0.1, -0.05) is 0 Å². The minimum absolute atomic E-state index is 0.112. The second kappa shape index (κ2) is 6.75. The van der Waals surface area contributed by atoms with E-state index >= 15 is 0 Å². The van der Waals surface area contributed by atoms with Crippen LogP contribution in [0, 0.1) is 6.92 Å². The number of ether oxygens (including phenoxy) is 3. The summed E-state index contributed by atoms with van der Waals surface area (Å²) in [5, 5.41) is 2.68. The van der Waals surface area contributed by atoms with Gasteiger partial charge in [0.25, 0.3) is 5.91 Å². The predicted octanol–water partition coefficient (Wildman–Crippen LogP) is 2.06. The summed E-state index contributed by atoms with van der Waals surface area (Å²) in [6, 6.07) is 6.78. The number of methoxy groups -OCH3 is 3. The van der Waals surface area contributed by atoms with Crippen LogP contribution in [0.25, 0.3) is 0 Å². The Kier molecular flexibility index (Phi) is 4.77. The molecule has 0 aliphatic rings. The van der Waals surface area contributed by atoms with E-state index in [0.29, 0.717) is 17.3 Å². The zero-order chi connectivity index (χ0) is 16.1. The van der Waals surface area contributed by atoms with Gasteiger partial charge in [0.1, 0.15) is 11.6 Å².